The van der Waals surface area contributed by atoms with Crippen LogP contribution < -0.4 is 5.32 Å². The van der Waals surface area contributed by atoms with Crippen LogP contribution in [0.15, 0.2) is 39.3 Å². The van der Waals surface area contributed by atoms with Crippen LogP contribution in [0.5, 0.6) is 0 Å². The minimum Gasteiger partial charge on any atom is -0.322 e. The zero-order valence-electron chi connectivity index (χ0n) is 10.3. The smallest absolute Gasteiger partial charge is 0.256 e. The van der Waals surface area contributed by atoms with E-state index in [1.165, 1.54) is 12.1 Å². The van der Waals surface area contributed by atoms with Gasteiger partial charge in [0.15, 0.2) is 0 Å². The number of carbonyl (C=O) groups is 1. The Morgan fingerprint density at radius 1 is 1.20 bits per heavy atom. The highest BCUT2D eigenvalue weighted by atomic mass is 79.9. The molecule has 0 bridgehead atoms. The lowest BCUT2D eigenvalue weighted by atomic mass is 10.1. The molecule has 1 N–H and O–H groups in total. The topological polar surface area (TPSA) is 29.1 Å². The lowest BCUT2D eigenvalue weighted by molar-refractivity contribution is 0.102. The van der Waals surface area contributed by atoms with E-state index in [-0.39, 0.29) is 11.7 Å². The van der Waals surface area contributed by atoms with Crippen molar-refractivity contribution in [2.24, 2.45) is 0 Å². The average molecular weight is 421 g/mol. The summed E-state index contributed by atoms with van der Waals surface area (Å²) < 4.78 is 14.3. The maximum Gasteiger partial charge on any atom is 0.256 e. The predicted octanol–water partition coefficient (Wildman–Crippen LogP) is 5.56. The Kier molecular flexibility index (Phi) is 4.83. The Hall–Kier alpha value is -0.910. The number of aryl methyl sites for hydroxylation is 1. The van der Waals surface area contributed by atoms with E-state index in [9.17, 15) is 9.18 Å². The number of hydrogen-bond donors (Lipinski definition) is 1. The lowest BCUT2D eigenvalue weighted by Gasteiger charge is -2.11. The largest absolute Gasteiger partial charge is 0.322 e. The van der Waals surface area contributed by atoms with Crippen molar-refractivity contribution in [3.05, 3.63) is 61.2 Å². The summed E-state index contributed by atoms with van der Waals surface area (Å²) in [5.74, 6) is -0.689. The second-order valence-electron chi connectivity index (χ2n) is 4.16. The molecule has 6 heteroatoms. The van der Waals surface area contributed by atoms with Crippen LogP contribution in [-0.2, 0) is 0 Å². The Bertz CT molecular complexity index is 691. The van der Waals surface area contributed by atoms with E-state index in [4.69, 9.17) is 11.6 Å². The van der Waals surface area contributed by atoms with Crippen molar-refractivity contribution >= 4 is 55.1 Å². The van der Waals surface area contributed by atoms with Crippen molar-refractivity contribution in [3.63, 3.8) is 0 Å². The fraction of sp³-hybridized carbons (Fsp3) is 0.0714. The molecule has 0 unspecified atom stereocenters. The van der Waals surface area contributed by atoms with Crippen LogP contribution in [-0.4, -0.2) is 5.91 Å². The van der Waals surface area contributed by atoms with Gasteiger partial charge in [0.1, 0.15) is 5.82 Å². The third kappa shape index (κ3) is 3.40. The normalized spacial score (nSPS) is 10.4. The first-order valence-electron chi connectivity index (χ1n) is 5.60. The van der Waals surface area contributed by atoms with Gasteiger partial charge in [-0.1, -0.05) is 11.6 Å². The van der Waals surface area contributed by atoms with Crippen LogP contribution in [0.4, 0.5) is 10.1 Å². The summed E-state index contributed by atoms with van der Waals surface area (Å²) in [6.07, 6.45) is 0. The monoisotopic (exact) mass is 419 g/mol. The lowest BCUT2D eigenvalue weighted by Crippen LogP contribution is -2.13. The molecule has 0 aliphatic carbocycles. The molecule has 0 aromatic heterocycles. The van der Waals surface area contributed by atoms with Gasteiger partial charge >= 0.3 is 0 Å². The number of nitrogens with one attached hydrogen (secondary N) is 1. The number of anilines is 1. The fourth-order valence-corrected chi connectivity index (χ4v) is 2.58. The molecular formula is C14H9Br2ClFNO. The van der Waals surface area contributed by atoms with E-state index in [1.54, 1.807) is 25.1 Å². The molecule has 0 saturated carbocycles. The Balaban J connectivity index is 2.32. The SMILES string of the molecule is Cc1cc(F)c(Br)cc1NC(=O)c1cc(Cl)ccc1Br. The van der Waals surface area contributed by atoms with Crippen molar-refractivity contribution in [3.8, 4) is 0 Å². The van der Waals surface area contributed by atoms with E-state index < -0.39 is 0 Å². The van der Waals surface area contributed by atoms with E-state index >= 15 is 0 Å². The summed E-state index contributed by atoms with van der Waals surface area (Å²) in [5.41, 5.74) is 1.59. The standard InChI is InChI=1S/C14H9Br2ClFNO/c1-7-4-12(18)11(16)6-13(7)19-14(20)9-5-8(17)2-3-10(9)15/h2-6H,1H3,(H,19,20). The fourth-order valence-electron chi connectivity index (χ4n) is 1.64. The second kappa shape index (κ2) is 6.24. The summed E-state index contributed by atoms with van der Waals surface area (Å²) in [6.45, 7) is 1.72. The van der Waals surface area contributed by atoms with E-state index in [0.29, 0.717) is 30.8 Å². The summed E-state index contributed by atoms with van der Waals surface area (Å²) in [7, 11) is 0. The van der Waals surface area contributed by atoms with Crippen LogP contribution >= 0.6 is 43.5 Å². The van der Waals surface area contributed by atoms with Gasteiger partial charge in [-0.2, -0.15) is 0 Å². The Labute approximate surface area is 137 Å². The van der Waals surface area contributed by atoms with Crippen LogP contribution in [0.2, 0.25) is 5.02 Å². The van der Waals surface area contributed by atoms with Crippen molar-refractivity contribution < 1.29 is 9.18 Å². The van der Waals surface area contributed by atoms with Crippen molar-refractivity contribution in [2.45, 2.75) is 6.92 Å². The number of amides is 1. The van der Waals surface area contributed by atoms with Gasteiger partial charge < -0.3 is 5.32 Å². The van der Waals surface area contributed by atoms with Crippen molar-refractivity contribution in [2.75, 3.05) is 5.32 Å². The van der Waals surface area contributed by atoms with E-state index in [0.717, 1.165) is 0 Å². The third-order valence-electron chi connectivity index (χ3n) is 2.69. The number of hydrogen-bond acceptors (Lipinski definition) is 1. The quantitative estimate of drug-likeness (QED) is 0.675. The van der Waals surface area contributed by atoms with Crippen LogP contribution in [0.3, 0.4) is 0 Å². The highest BCUT2D eigenvalue weighted by molar-refractivity contribution is 9.10. The first-order chi connectivity index (χ1) is 9.38. The van der Waals surface area contributed by atoms with Gasteiger partial charge in [0.05, 0.1) is 10.0 Å². The summed E-state index contributed by atoms with van der Waals surface area (Å²) in [4.78, 5) is 12.2. The van der Waals surface area contributed by atoms with Crippen LogP contribution in [0.1, 0.15) is 15.9 Å². The second-order valence-corrected chi connectivity index (χ2v) is 6.30. The van der Waals surface area contributed by atoms with Crippen molar-refractivity contribution in [1.82, 2.24) is 0 Å². The predicted molar refractivity (Wildman–Crippen MR) is 85.9 cm³/mol. The number of rotatable bonds is 2. The number of halogens is 4. The highest BCUT2D eigenvalue weighted by Crippen LogP contribution is 2.26. The molecular weight excluding hydrogens is 412 g/mol. The van der Waals surface area contributed by atoms with Gasteiger partial charge in [-0.3, -0.25) is 4.79 Å². The number of benzene rings is 2. The molecule has 2 rings (SSSR count). The molecule has 1 amide bonds. The zero-order chi connectivity index (χ0) is 14.9. The molecule has 0 aliphatic heterocycles. The zero-order valence-corrected chi connectivity index (χ0v) is 14.2. The Morgan fingerprint density at radius 3 is 2.60 bits per heavy atom. The third-order valence-corrected chi connectivity index (χ3v) is 4.22. The van der Waals surface area contributed by atoms with Gasteiger partial charge in [0.2, 0.25) is 0 Å². The molecule has 0 fully saturated rings. The highest BCUT2D eigenvalue weighted by Gasteiger charge is 2.13. The molecule has 2 aromatic rings. The average Bonchev–Trinajstić information content (AvgIpc) is 2.38. The summed E-state index contributed by atoms with van der Waals surface area (Å²) >= 11 is 12.3. The maximum absolute atomic E-state index is 13.4. The van der Waals surface area contributed by atoms with Gasteiger partial charge in [-0.15, -0.1) is 0 Å². The summed E-state index contributed by atoms with van der Waals surface area (Å²) in [5, 5.41) is 3.21. The first-order valence-corrected chi connectivity index (χ1v) is 7.57. The molecule has 0 aliphatic rings. The van der Waals surface area contributed by atoms with Gasteiger partial charge in [-0.05, 0) is 74.7 Å². The number of carbonyl (C=O) groups excluding carboxylic acids is 1. The molecule has 0 heterocycles. The first kappa shape index (κ1) is 15.5. The minimum atomic E-state index is -0.371. The maximum atomic E-state index is 13.4. The minimum absolute atomic E-state index is 0.295. The van der Waals surface area contributed by atoms with Crippen LogP contribution in [0.25, 0.3) is 0 Å². The molecule has 0 radical (unpaired) electrons. The Morgan fingerprint density at radius 2 is 1.90 bits per heavy atom. The molecule has 0 saturated heterocycles. The molecule has 0 atom stereocenters. The van der Waals surface area contributed by atoms with Gasteiger partial charge in [0.25, 0.3) is 5.91 Å². The van der Waals surface area contributed by atoms with Crippen LogP contribution in [0, 0.1) is 12.7 Å². The molecule has 2 nitrogen and oxygen atoms in total. The summed E-state index contributed by atoms with van der Waals surface area (Å²) in [6, 6.07) is 7.83. The molecule has 20 heavy (non-hydrogen) atoms. The molecule has 0 spiro atoms. The van der Waals surface area contributed by atoms with E-state index in [2.05, 4.69) is 37.2 Å². The molecule has 104 valence electrons. The van der Waals surface area contributed by atoms with E-state index in [1.807, 2.05) is 0 Å². The van der Waals surface area contributed by atoms with Crippen molar-refractivity contribution in [1.29, 1.82) is 0 Å². The van der Waals surface area contributed by atoms with Gasteiger partial charge in [-0.25, -0.2) is 4.39 Å². The van der Waals surface area contributed by atoms with Gasteiger partial charge in [0, 0.05) is 15.2 Å². The molecule has 2 aromatic carbocycles.